The number of carbonyl (C=O) groups is 1. The van der Waals surface area contributed by atoms with Crippen LogP contribution in [0.4, 0.5) is 5.69 Å². The number of rotatable bonds is 6. The summed E-state index contributed by atoms with van der Waals surface area (Å²) in [6, 6.07) is 3.97. The zero-order chi connectivity index (χ0) is 15.0. The highest BCUT2D eigenvalue weighted by molar-refractivity contribution is 5.94. The van der Waals surface area contributed by atoms with Crippen molar-refractivity contribution in [3.63, 3.8) is 0 Å². The molecular weight excluding hydrogens is 262 g/mol. The first-order chi connectivity index (χ1) is 10.1. The molecule has 0 aliphatic heterocycles. The summed E-state index contributed by atoms with van der Waals surface area (Å²) >= 11 is 0. The second-order valence-corrected chi connectivity index (χ2v) is 6.70. The molecule has 114 valence electrons. The number of nitrogens with zero attached hydrogens (tertiary/aromatic N) is 1. The molecule has 21 heavy (non-hydrogen) atoms. The number of aryl methyl sites for hydroxylation is 1. The maximum absolute atomic E-state index is 12.3. The molecule has 1 amide bonds. The van der Waals surface area contributed by atoms with Gasteiger partial charge in [-0.25, -0.2) is 0 Å². The Balaban J connectivity index is 1.49. The molecule has 4 atom stereocenters. The number of hydrogen-bond donors (Lipinski definition) is 2. The van der Waals surface area contributed by atoms with Gasteiger partial charge in [0.25, 0.3) is 0 Å². The Hall–Kier alpha value is -1.42. The van der Waals surface area contributed by atoms with Crippen LogP contribution in [0.2, 0.25) is 0 Å². The van der Waals surface area contributed by atoms with E-state index in [0.717, 1.165) is 29.1 Å². The Morgan fingerprint density at radius 1 is 1.38 bits per heavy atom. The quantitative estimate of drug-likeness (QED) is 0.846. The predicted octanol–water partition coefficient (Wildman–Crippen LogP) is 2.74. The van der Waals surface area contributed by atoms with Crippen molar-refractivity contribution in [1.29, 1.82) is 0 Å². The number of nitrogens with one attached hydrogen (secondary N) is 2. The minimum atomic E-state index is -0.181. The van der Waals surface area contributed by atoms with Crippen LogP contribution >= 0.6 is 0 Å². The topological polar surface area (TPSA) is 54.0 Å². The van der Waals surface area contributed by atoms with Crippen LogP contribution in [0.5, 0.6) is 0 Å². The molecule has 0 radical (unpaired) electrons. The maximum Gasteiger partial charge on any atom is 0.241 e. The molecular formula is C17H25N3O. The number of anilines is 1. The van der Waals surface area contributed by atoms with Gasteiger partial charge in [0.15, 0.2) is 0 Å². The third-order valence-electron chi connectivity index (χ3n) is 4.93. The van der Waals surface area contributed by atoms with E-state index in [-0.39, 0.29) is 11.9 Å². The number of amides is 1. The standard InChI is InChI=1S/C17H25N3O/c1-10(14-9-15(14)13-6-7-13)19-12(3)17(21)20-16-5-4-8-18-11(16)2/h4-5,8,10,12-15,19H,6-7,9H2,1-3H3,(H,20,21)/t10?,12-,14-,15-/m0/s1. The van der Waals surface area contributed by atoms with Crippen molar-refractivity contribution in [1.82, 2.24) is 10.3 Å². The molecule has 4 nitrogen and oxygen atoms in total. The highest BCUT2D eigenvalue weighted by Crippen LogP contribution is 2.55. The Morgan fingerprint density at radius 3 is 2.81 bits per heavy atom. The molecule has 0 aromatic carbocycles. The molecule has 0 spiro atoms. The molecule has 3 rings (SSSR count). The zero-order valence-electron chi connectivity index (χ0n) is 13.1. The number of carbonyl (C=O) groups excluding carboxylic acids is 1. The third-order valence-corrected chi connectivity index (χ3v) is 4.93. The van der Waals surface area contributed by atoms with E-state index >= 15 is 0 Å². The first-order valence-electron chi connectivity index (χ1n) is 8.04. The van der Waals surface area contributed by atoms with E-state index in [1.54, 1.807) is 6.20 Å². The summed E-state index contributed by atoms with van der Waals surface area (Å²) in [5.74, 6) is 2.69. The summed E-state index contributed by atoms with van der Waals surface area (Å²) < 4.78 is 0. The minimum absolute atomic E-state index is 0.0153. The second kappa shape index (κ2) is 5.76. The van der Waals surface area contributed by atoms with Gasteiger partial charge in [0.1, 0.15) is 0 Å². The van der Waals surface area contributed by atoms with Crippen molar-refractivity contribution in [2.45, 2.75) is 52.1 Å². The Morgan fingerprint density at radius 2 is 2.14 bits per heavy atom. The molecule has 2 saturated carbocycles. The maximum atomic E-state index is 12.3. The fourth-order valence-electron chi connectivity index (χ4n) is 3.33. The van der Waals surface area contributed by atoms with Crippen LogP contribution in [0.25, 0.3) is 0 Å². The monoisotopic (exact) mass is 287 g/mol. The van der Waals surface area contributed by atoms with E-state index in [4.69, 9.17) is 0 Å². The van der Waals surface area contributed by atoms with Crippen LogP contribution in [-0.2, 0) is 4.79 Å². The molecule has 4 heteroatoms. The summed E-state index contributed by atoms with van der Waals surface area (Å²) in [7, 11) is 0. The second-order valence-electron chi connectivity index (χ2n) is 6.70. The summed E-state index contributed by atoms with van der Waals surface area (Å²) in [5.41, 5.74) is 1.65. The van der Waals surface area contributed by atoms with Crippen molar-refractivity contribution < 1.29 is 4.79 Å². The Kier molecular flexibility index (Phi) is 3.98. The van der Waals surface area contributed by atoms with E-state index in [1.165, 1.54) is 19.3 Å². The van der Waals surface area contributed by atoms with Gasteiger partial charge in [-0.2, -0.15) is 0 Å². The van der Waals surface area contributed by atoms with Crippen molar-refractivity contribution in [2.24, 2.45) is 17.8 Å². The van der Waals surface area contributed by atoms with Crippen molar-refractivity contribution in [2.75, 3.05) is 5.32 Å². The van der Waals surface area contributed by atoms with Gasteiger partial charge in [0.05, 0.1) is 17.4 Å². The predicted molar refractivity (Wildman–Crippen MR) is 84.0 cm³/mol. The van der Waals surface area contributed by atoms with Gasteiger partial charge in [-0.15, -0.1) is 0 Å². The van der Waals surface area contributed by atoms with Gasteiger partial charge in [-0.05, 0) is 69.9 Å². The highest BCUT2D eigenvalue weighted by atomic mass is 16.2. The van der Waals surface area contributed by atoms with Crippen LogP contribution in [0.3, 0.4) is 0 Å². The van der Waals surface area contributed by atoms with Gasteiger partial charge in [-0.1, -0.05) is 0 Å². The first-order valence-corrected chi connectivity index (χ1v) is 8.04. The molecule has 0 bridgehead atoms. The lowest BCUT2D eigenvalue weighted by molar-refractivity contribution is -0.118. The summed E-state index contributed by atoms with van der Waals surface area (Å²) in [4.78, 5) is 16.5. The molecule has 1 aromatic heterocycles. The van der Waals surface area contributed by atoms with Crippen LogP contribution < -0.4 is 10.6 Å². The van der Waals surface area contributed by atoms with Gasteiger partial charge >= 0.3 is 0 Å². The molecule has 1 heterocycles. The first kappa shape index (κ1) is 14.5. The van der Waals surface area contributed by atoms with Gasteiger partial charge in [0, 0.05) is 12.2 Å². The lowest BCUT2D eigenvalue weighted by Crippen LogP contribution is -2.44. The fourth-order valence-corrected chi connectivity index (χ4v) is 3.33. The SMILES string of the molecule is Cc1ncccc1NC(=O)[C@H](C)NC(C)[C@@H]1C[C@H]1C1CC1. The normalized spacial score (nSPS) is 27.0. The summed E-state index contributed by atoms with van der Waals surface area (Å²) in [6.07, 6.45) is 5.92. The van der Waals surface area contributed by atoms with E-state index in [2.05, 4.69) is 22.5 Å². The Labute approximate surface area is 126 Å². The highest BCUT2D eigenvalue weighted by Gasteiger charge is 2.49. The molecule has 2 aliphatic rings. The number of pyridine rings is 1. The smallest absolute Gasteiger partial charge is 0.241 e. The Bertz CT molecular complexity index is 527. The van der Waals surface area contributed by atoms with E-state index in [9.17, 15) is 4.79 Å². The van der Waals surface area contributed by atoms with Gasteiger partial charge in [-0.3, -0.25) is 9.78 Å². The molecule has 1 aromatic rings. The molecule has 2 aliphatic carbocycles. The molecule has 0 saturated heterocycles. The van der Waals surface area contributed by atoms with E-state index in [1.807, 2.05) is 26.0 Å². The largest absolute Gasteiger partial charge is 0.323 e. The summed E-state index contributed by atoms with van der Waals surface area (Å²) in [6.45, 7) is 6.05. The number of hydrogen-bond acceptors (Lipinski definition) is 3. The van der Waals surface area contributed by atoms with Crippen LogP contribution in [0.1, 0.15) is 38.8 Å². The minimum Gasteiger partial charge on any atom is -0.323 e. The van der Waals surface area contributed by atoms with Gasteiger partial charge in [0.2, 0.25) is 5.91 Å². The van der Waals surface area contributed by atoms with Crippen molar-refractivity contribution in [3.05, 3.63) is 24.0 Å². The third kappa shape index (κ3) is 3.43. The van der Waals surface area contributed by atoms with Crippen molar-refractivity contribution >= 4 is 11.6 Å². The lowest BCUT2D eigenvalue weighted by Gasteiger charge is -2.20. The van der Waals surface area contributed by atoms with Crippen molar-refractivity contribution in [3.8, 4) is 0 Å². The van der Waals surface area contributed by atoms with Crippen LogP contribution in [-0.4, -0.2) is 23.0 Å². The van der Waals surface area contributed by atoms with E-state index < -0.39 is 0 Å². The fraction of sp³-hybridized carbons (Fsp3) is 0.647. The van der Waals surface area contributed by atoms with Crippen LogP contribution in [0, 0.1) is 24.7 Å². The number of aromatic nitrogens is 1. The van der Waals surface area contributed by atoms with E-state index in [0.29, 0.717) is 6.04 Å². The van der Waals surface area contributed by atoms with Gasteiger partial charge < -0.3 is 10.6 Å². The average molecular weight is 287 g/mol. The lowest BCUT2D eigenvalue weighted by atomic mass is 10.1. The molecule has 1 unspecified atom stereocenters. The average Bonchev–Trinajstić information content (AvgIpc) is 3.32. The molecule has 2 fully saturated rings. The van der Waals surface area contributed by atoms with Crippen LogP contribution in [0.15, 0.2) is 18.3 Å². The molecule has 2 N–H and O–H groups in total. The zero-order valence-corrected chi connectivity index (χ0v) is 13.1. The summed E-state index contributed by atoms with van der Waals surface area (Å²) in [5, 5.41) is 6.42.